The SMILES string of the molecule is COC(=O)C(C)(CSc1nc(C)cc(=O)[nH]1)NC1CC1. The van der Waals surface area contributed by atoms with Gasteiger partial charge in [0.15, 0.2) is 5.16 Å². The van der Waals surface area contributed by atoms with Crippen LogP contribution in [0.15, 0.2) is 16.0 Å². The van der Waals surface area contributed by atoms with Gasteiger partial charge >= 0.3 is 5.97 Å². The van der Waals surface area contributed by atoms with Gasteiger partial charge < -0.3 is 9.72 Å². The average molecular weight is 297 g/mol. The van der Waals surface area contributed by atoms with Crippen LogP contribution in [0.3, 0.4) is 0 Å². The highest BCUT2D eigenvalue weighted by Gasteiger charge is 2.39. The summed E-state index contributed by atoms with van der Waals surface area (Å²) >= 11 is 1.34. The zero-order valence-electron chi connectivity index (χ0n) is 11.9. The van der Waals surface area contributed by atoms with Gasteiger partial charge in [0.2, 0.25) is 0 Å². The summed E-state index contributed by atoms with van der Waals surface area (Å²) in [4.78, 5) is 30.3. The first kappa shape index (κ1) is 15.1. The van der Waals surface area contributed by atoms with Crippen LogP contribution in [-0.2, 0) is 9.53 Å². The largest absolute Gasteiger partial charge is 0.468 e. The van der Waals surface area contributed by atoms with Crippen molar-refractivity contribution >= 4 is 17.7 Å². The molecular weight excluding hydrogens is 278 g/mol. The van der Waals surface area contributed by atoms with Crippen LogP contribution in [-0.4, -0.2) is 40.4 Å². The van der Waals surface area contributed by atoms with Crippen molar-refractivity contribution in [1.82, 2.24) is 15.3 Å². The van der Waals surface area contributed by atoms with E-state index in [0.29, 0.717) is 22.6 Å². The van der Waals surface area contributed by atoms with E-state index in [9.17, 15) is 9.59 Å². The van der Waals surface area contributed by atoms with Gasteiger partial charge in [-0.2, -0.15) is 0 Å². The van der Waals surface area contributed by atoms with E-state index in [1.807, 2.05) is 6.92 Å². The predicted molar refractivity (Wildman–Crippen MR) is 76.9 cm³/mol. The van der Waals surface area contributed by atoms with Gasteiger partial charge in [0, 0.05) is 23.6 Å². The maximum atomic E-state index is 12.0. The molecule has 6 nitrogen and oxygen atoms in total. The number of esters is 1. The Morgan fingerprint density at radius 2 is 2.35 bits per heavy atom. The fourth-order valence-electron chi connectivity index (χ4n) is 1.90. The van der Waals surface area contributed by atoms with Crippen molar-refractivity contribution in [2.75, 3.05) is 12.9 Å². The topological polar surface area (TPSA) is 84.1 Å². The highest BCUT2D eigenvalue weighted by molar-refractivity contribution is 7.99. The number of carbonyl (C=O) groups excluding carboxylic acids is 1. The number of aryl methyl sites for hydroxylation is 1. The van der Waals surface area contributed by atoms with E-state index >= 15 is 0 Å². The second kappa shape index (κ2) is 5.97. The molecule has 1 aliphatic rings. The van der Waals surface area contributed by atoms with E-state index in [0.717, 1.165) is 12.8 Å². The number of carbonyl (C=O) groups is 1. The van der Waals surface area contributed by atoms with E-state index < -0.39 is 5.54 Å². The van der Waals surface area contributed by atoms with Crippen molar-refractivity contribution in [3.63, 3.8) is 0 Å². The minimum atomic E-state index is -0.775. The van der Waals surface area contributed by atoms with E-state index in [1.54, 1.807) is 6.92 Å². The summed E-state index contributed by atoms with van der Waals surface area (Å²) in [6.45, 7) is 3.58. The zero-order valence-corrected chi connectivity index (χ0v) is 12.7. The maximum Gasteiger partial charge on any atom is 0.326 e. The Morgan fingerprint density at radius 1 is 1.65 bits per heavy atom. The van der Waals surface area contributed by atoms with Gasteiger partial charge in [-0.3, -0.25) is 14.9 Å². The van der Waals surface area contributed by atoms with Crippen LogP contribution in [0, 0.1) is 6.92 Å². The van der Waals surface area contributed by atoms with Crippen molar-refractivity contribution in [3.05, 3.63) is 22.1 Å². The van der Waals surface area contributed by atoms with Crippen molar-refractivity contribution in [3.8, 4) is 0 Å². The molecule has 1 heterocycles. The minimum Gasteiger partial charge on any atom is -0.468 e. The van der Waals surface area contributed by atoms with Crippen LogP contribution in [0.4, 0.5) is 0 Å². The third kappa shape index (κ3) is 3.83. The lowest BCUT2D eigenvalue weighted by molar-refractivity contribution is -0.147. The maximum absolute atomic E-state index is 12.0. The number of thioether (sulfide) groups is 1. The number of aromatic nitrogens is 2. The Kier molecular flexibility index (Phi) is 4.49. The molecule has 1 unspecified atom stereocenters. The van der Waals surface area contributed by atoms with Crippen LogP contribution in [0.25, 0.3) is 0 Å². The summed E-state index contributed by atoms with van der Waals surface area (Å²) in [6.07, 6.45) is 2.16. The van der Waals surface area contributed by atoms with Crippen LogP contribution in [0.5, 0.6) is 0 Å². The van der Waals surface area contributed by atoms with Gasteiger partial charge in [-0.05, 0) is 26.7 Å². The number of aromatic amines is 1. The molecule has 0 amide bonds. The first-order valence-corrected chi connectivity index (χ1v) is 7.48. The number of nitrogens with one attached hydrogen (secondary N) is 2. The molecule has 7 heteroatoms. The Hall–Kier alpha value is -1.34. The van der Waals surface area contributed by atoms with E-state index in [4.69, 9.17) is 4.74 Å². The number of nitrogens with zero attached hydrogens (tertiary/aromatic N) is 1. The molecule has 2 rings (SSSR count). The van der Waals surface area contributed by atoms with E-state index in [1.165, 1.54) is 24.9 Å². The van der Waals surface area contributed by atoms with Crippen LogP contribution in [0.2, 0.25) is 0 Å². The second-order valence-electron chi connectivity index (χ2n) is 5.22. The number of hydrogen-bond acceptors (Lipinski definition) is 6. The molecule has 0 aliphatic heterocycles. The van der Waals surface area contributed by atoms with Crippen molar-refractivity contribution in [1.29, 1.82) is 0 Å². The quantitative estimate of drug-likeness (QED) is 0.460. The van der Waals surface area contributed by atoms with Gasteiger partial charge in [-0.25, -0.2) is 4.98 Å². The van der Waals surface area contributed by atoms with Gasteiger partial charge in [0.05, 0.1) is 7.11 Å². The smallest absolute Gasteiger partial charge is 0.326 e. The molecule has 0 aromatic carbocycles. The molecule has 1 atom stereocenters. The summed E-state index contributed by atoms with van der Waals surface area (Å²) in [5.41, 5.74) is -0.302. The number of methoxy groups -OCH3 is 1. The molecule has 1 aromatic rings. The normalized spacial score (nSPS) is 17.6. The summed E-state index contributed by atoms with van der Waals surface area (Å²) in [5, 5.41) is 3.82. The highest BCUT2D eigenvalue weighted by atomic mass is 32.2. The van der Waals surface area contributed by atoms with E-state index in [-0.39, 0.29) is 11.5 Å². The molecule has 1 fully saturated rings. The summed E-state index contributed by atoms with van der Waals surface area (Å²) < 4.78 is 4.87. The molecule has 110 valence electrons. The van der Waals surface area contributed by atoms with Crippen LogP contribution < -0.4 is 10.9 Å². The number of rotatable bonds is 6. The standard InChI is InChI=1S/C13H19N3O3S/c1-8-6-10(17)15-12(14-8)20-7-13(2,11(18)19-3)16-9-4-5-9/h6,9,16H,4-5,7H2,1-3H3,(H,14,15,17). The first-order chi connectivity index (χ1) is 9.43. The molecule has 0 saturated heterocycles. The summed E-state index contributed by atoms with van der Waals surface area (Å²) in [7, 11) is 1.38. The number of hydrogen-bond donors (Lipinski definition) is 2. The van der Waals surface area contributed by atoms with Crippen LogP contribution >= 0.6 is 11.8 Å². The van der Waals surface area contributed by atoms with Crippen LogP contribution in [0.1, 0.15) is 25.5 Å². The van der Waals surface area contributed by atoms with Crippen molar-refractivity contribution in [2.45, 2.75) is 43.4 Å². The van der Waals surface area contributed by atoms with Gasteiger partial charge in [-0.15, -0.1) is 0 Å². The third-order valence-corrected chi connectivity index (χ3v) is 4.27. The van der Waals surface area contributed by atoms with Crippen molar-refractivity contribution < 1.29 is 9.53 Å². The van der Waals surface area contributed by atoms with Gasteiger partial charge in [0.25, 0.3) is 5.56 Å². The lowest BCUT2D eigenvalue weighted by atomic mass is 10.1. The molecular formula is C13H19N3O3S. The fraction of sp³-hybridized carbons (Fsp3) is 0.615. The molecule has 0 radical (unpaired) electrons. The summed E-state index contributed by atoms with van der Waals surface area (Å²) in [6, 6.07) is 1.82. The fourth-order valence-corrected chi connectivity index (χ4v) is 2.90. The van der Waals surface area contributed by atoms with E-state index in [2.05, 4.69) is 15.3 Å². The number of ether oxygens (including phenoxy) is 1. The molecule has 1 aromatic heterocycles. The summed E-state index contributed by atoms with van der Waals surface area (Å²) in [5.74, 6) is 0.148. The Bertz CT molecular complexity index is 556. The zero-order chi connectivity index (χ0) is 14.8. The second-order valence-corrected chi connectivity index (χ2v) is 6.19. The molecule has 1 aliphatic carbocycles. The Labute approximate surface area is 121 Å². The third-order valence-electron chi connectivity index (χ3n) is 3.08. The minimum absolute atomic E-state index is 0.185. The molecule has 2 N–H and O–H groups in total. The lowest BCUT2D eigenvalue weighted by Crippen LogP contribution is -2.53. The predicted octanol–water partition coefficient (Wildman–Crippen LogP) is 0.854. The molecule has 0 spiro atoms. The Morgan fingerprint density at radius 3 is 2.90 bits per heavy atom. The monoisotopic (exact) mass is 297 g/mol. The first-order valence-electron chi connectivity index (χ1n) is 6.50. The van der Waals surface area contributed by atoms with Gasteiger partial charge in [0.1, 0.15) is 5.54 Å². The molecule has 1 saturated carbocycles. The number of H-pyrrole nitrogens is 1. The lowest BCUT2D eigenvalue weighted by Gasteiger charge is -2.27. The Balaban J connectivity index is 2.07. The average Bonchev–Trinajstić information content (AvgIpc) is 3.18. The molecule has 0 bridgehead atoms. The molecule has 20 heavy (non-hydrogen) atoms. The highest BCUT2D eigenvalue weighted by Crippen LogP contribution is 2.26. The van der Waals surface area contributed by atoms with Gasteiger partial charge in [-0.1, -0.05) is 11.8 Å². The van der Waals surface area contributed by atoms with Crippen molar-refractivity contribution in [2.24, 2.45) is 0 Å².